The van der Waals surface area contributed by atoms with Gasteiger partial charge in [-0.25, -0.2) is 0 Å². The minimum atomic E-state index is -0.207. The Morgan fingerprint density at radius 3 is 2.74 bits per heavy atom. The summed E-state index contributed by atoms with van der Waals surface area (Å²) in [5, 5.41) is 3.66. The Hall–Kier alpha value is -1.20. The van der Waals surface area contributed by atoms with E-state index in [4.69, 9.17) is 11.6 Å². The van der Waals surface area contributed by atoms with E-state index in [2.05, 4.69) is 19.2 Å². The van der Waals surface area contributed by atoms with Crippen LogP contribution in [0.25, 0.3) is 0 Å². The highest BCUT2D eigenvalue weighted by Gasteiger charge is 2.34. The van der Waals surface area contributed by atoms with Crippen LogP contribution in [0.1, 0.15) is 20.3 Å². The van der Waals surface area contributed by atoms with Gasteiger partial charge in [0, 0.05) is 41.7 Å². The van der Waals surface area contributed by atoms with E-state index in [1.54, 1.807) is 16.7 Å². The molecule has 2 rings (SSSR count). The Balaban J connectivity index is 1.69. The summed E-state index contributed by atoms with van der Waals surface area (Å²) in [6.45, 7) is 6.03. The first-order valence-corrected chi connectivity index (χ1v) is 9.26. The normalized spacial score (nSPS) is 17.8. The Morgan fingerprint density at radius 2 is 2.09 bits per heavy atom. The molecule has 126 valence electrons. The molecule has 1 N–H and O–H groups in total. The van der Waals surface area contributed by atoms with Gasteiger partial charge in [0.05, 0.1) is 5.92 Å². The quantitative estimate of drug-likeness (QED) is 0.604. The van der Waals surface area contributed by atoms with Gasteiger partial charge in [-0.05, 0) is 30.2 Å². The molecule has 0 bridgehead atoms. The van der Waals surface area contributed by atoms with E-state index in [0.717, 1.165) is 22.2 Å². The van der Waals surface area contributed by atoms with Crippen LogP contribution in [0.15, 0.2) is 29.2 Å². The van der Waals surface area contributed by atoms with E-state index >= 15 is 0 Å². The molecule has 0 aliphatic carbocycles. The van der Waals surface area contributed by atoms with E-state index < -0.39 is 0 Å². The number of halogens is 1. The van der Waals surface area contributed by atoms with Crippen molar-refractivity contribution in [1.82, 2.24) is 10.2 Å². The van der Waals surface area contributed by atoms with Gasteiger partial charge < -0.3 is 10.2 Å². The fraction of sp³-hybridized carbons (Fsp3) is 0.529. The first kappa shape index (κ1) is 18.1. The smallest absolute Gasteiger partial charge is 0.225 e. The molecule has 0 aromatic heterocycles. The molecule has 1 aliphatic heterocycles. The Bertz CT molecular complexity index is 548. The molecule has 1 atom stereocenters. The van der Waals surface area contributed by atoms with E-state index in [1.807, 2.05) is 24.3 Å². The molecule has 6 heteroatoms. The molecule has 1 saturated heterocycles. The first-order valence-electron chi connectivity index (χ1n) is 7.89. The van der Waals surface area contributed by atoms with Crippen LogP contribution >= 0.6 is 23.4 Å². The number of benzene rings is 1. The zero-order valence-electron chi connectivity index (χ0n) is 13.5. The van der Waals surface area contributed by atoms with Gasteiger partial charge in [0.25, 0.3) is 0 Å². The van der Waals surface area contributed by atoms with E-state index in [1.165, 1.54) is 0 Å². The zero-order valence-corrected chi connectivity index (χ0v) is 15.1. The zero-order chi connectivity index (χ0) is 16.8. The Kier molecular flexibility index (Phi) is 6.78. The highest BCUT2D eigenvalue weighted by molar-refractivity contribution is 7.99. The second-order valence-corrected chi connectivity index (χ2v) is 7.79. The highest BCUT2D eigenvalue weighted by Crippen LogP contribution is 2.21. The maximum absolute atomic E-state index is 12.2. The van der Waals surface area contributed by atoms with Crippen LogP contribution in [0.3, 0.4) is 0 Å². The lowest BCUT2D eigenvalue weighted by Gasteiger charge is -2.18. The standard InChI is InChI=1S/C17H23ClN2O2S/c1-12(2)10-20-11-13(9-16(20)21)17(22)19-7-8-23-15-5-3-14(18)4-6-15/h3-6,12-13H,7-11H2,1-2H3,(H,19,22). The SMILES string of the molecule is CC(C)CN1CC(C(=O)NCCSc2ccc(Cl)cc2)CC1=O. The second-order valence-electron chi connectivity index (χ2n) is 6.19. The summed E-state index contributed by atoms with van der Waals surface area (Å²) in [5.41, 5.74) is 0. The van der Waals surface area contributed by atoms with Crippen molar-refractivity contribution in [2.24, 2.45) is 11.8 Å². The summed E-state index contributed by atoms with van der Waals surface area (Å²) in [5.74, 6) is 1.10. The number of amides is 2. The molecule has 1 aromatic rings. The third-order valence-electron chi connectivity index (χ3n) is 3.65. The summed E-state index contributed by atoms with van der Waals surface area (Å²) in [7, 11) is 0. The topological polar surface area (TPSA) is 49.4 Å². The average molecular weight is 355 g/mol. The highest BCUT2D eigenvalue weighted by atomic mass is 35.5. The van der Waals surface area contributed by atoms with Crippen LogP contribution in [0.4, 0.5) is 0 Å². The van der Waals surface area contributed by atoms with E-state index in [0.29, 0.717) is 25.4 Å². The molecule has 23 heavy (non-hydrogen) atoms. The van der Waals surface area contributed by atoms with Crippen molar-refractivity contribution >= 4 is 35.2 Å². The Morgan fingerprint density at radius 1 is 1.39 bits per heavy atom. The summed E-state index contributed by atoms with van der Waals surface area (Å²) in [6, 6.07) is 7.65. The number of carbonyl (C=O) groups is 2. The fourth-order valence-corrected chi connectivity index (χ4v) is 3.48. The lowest BCUT2D eigenvalue weighted by atomic mass is 10.1. The van der Waals surface area contributed by atoms with E-state index in [-0.39, 0.29) is 17.7 Å². The molecular weight excluding hydrogens is 332 g/mol. The lowest BCUT2D eigenvalue weighted by Crippen LogP contribution is -2.35. The lowest BCUT2D eigenvalue weighted by molar-refractivity contribution is -0.129. The maximum atomic E-state index is 12.2. The van der Waals surface area contributed by atoms with Crippen molar-refractivity contribution in [1.29, 1.82) is 0 Å². The Labute approximate surface area is 146 Å². The number of hydrogen-bond donors (Lipinski definition) is 1. The monoisotopic (exact) mass is 354 g/mol. The molecule has 0 saturated carbocycles. The van der Waals surface area contributed by atoms with Crippen molar-refractivity contribution in [2.75, 3.05) is 25.4 Å². The molecule has 1 heterocycles. The summed E-state index contributed by atoms with van der Waals surface area (Å²) in [6.07, 6.45) is 0.336. The summed E-state index contributed by atoms with van der Waals surface area (Å²) >= 11 is 7.52. The van der Waals surface area contributed by atoms with Crippen molar-refractivity contribution in [3.8, 4) is 0 Å². The molecule has 1 fully saturated rings. The molecule has 0 spiro atoms. The second kappa shape index (κ2) is 8.60. The molecule has 4 nitrogen and oxygen atoms in total. The third-order valence-corrected chi connectivity index (χ3v) is 4.92. The van der Waals surface area contributed by atoms with Gasteiger partial charge in [0.1, 0.15) is 0 Å². The number of rotatable bonds is 7. The number of thioether (sulfide) groups is 1. The minimum absolute atomic E-state index is 0.0127. The van der Waals surface area contributed by atoms with Gasteiger partial charge in [-0.3, -0.25) is 9.59 Å². The van der Waals surface area contributed by atoms with Crippen molar-refractivity contribution in [2.45, 2.75) is 25.2 Å². The third kappa shape index (κ3) is 5.74. The predicted octanol–water partition coefficient (Wildman–Crippen LogP) is 3.05. The van der Waals surface area contributed by atoms with Gasteiger partial charge in [0.2, 0.25) is 11.8 Å². The van der Waals surface area contributed by atoms with Gasteiger partial charge in [0.15, 0.2) is 0 Å². The molecule has 1 unspecified atom stereocenters. The molecule has 1 aliphatic rings. The number of carbonyl (C=O) groups excluding carboxylic acids is 2. The minimum Gasteiger partial charge on any atom is -0.355 e. The average Bonchev–Trinajstić information content (AvgIpc) is 2.86. The number of nitrogens with one attached hydrogen (secondary N) is 1. The van der Waals surface area contributed by atoms with Gasteiger partial charge in [-0.1, -0.05) is 25.4 Å². The van der Waals surface area contributed by atoms with Crippen molar-refractivity contribution in [3.63, 3.8) is 0 Å². The summed E-state index contributed by atoms with van der Waals surface area (Å²) in [4.78, 5) is 27.0. The molecule has 2 amide bonds. The maximum Gasteiger partial charge on any atom is 0.225 e. The van der Waals surface area contributed by atoms with Crippen LogP contribution in [0.2, 0.25) is 5.02 Å². The molecule has 0 radical (unpaired) electrons. The number of hydrogen-bond acceptors (Lipinski definition) is 3. The molecular formula is C17H23ClN2O2S. The van der Waals surface area contributed by atoms with Gasteiger partial charge >= 0.3 is 0 Å². The number of likely N-dealkylation sites (tertiary alicyclic amines) is 1. The number of nitrogens with zero attached hydrogens (tertiary/aromatic N) is 1. The van der Waals surface area contributed by atoms with Gasteiger partial charge in [-0.2, -0.15) is 0 Å². The first-order chi connectivity index (χ1) is 11.0. The fourth-order valence-electron chi connectivity index (χ4n) is 2.58. The van der Waals surface area contributed by atoms with Crippen LogP contribution in [0, 0.1) is 11.8 Å². The van der Waals surface area contributed by atoms with Gasteiger partial charge in [-0.15, -0.1) is 11.8 Å². The van der Waals surface area contributed by atoms with Crippen molar-refractivity contribution in [3.05, 3.63) is 29.3 Å². The van der Waals surface area contributed by atoms with Crippen LogP contribution in [-0.2, 0) is 9.59 Å². The van der Waals surface area contributed by atoms with Crippen LogP contribution < -0.4 is 5.32 Å². The predicted molar refractivity (Wildman–Crippen MR) is 94.7 cm³/mol. The summed E-state index contributed by atoms with van der Waals surface area (Å²) < 4.78 is 0. The van der Waals surface area contributed by atoms with Crippen LogP contribution in [-0.4, -0.2) is 42.1 Å². The largest absolute Gasteiger partial charge is 0.355 e. The van der Waals surface area contributed by atoms with E-state index in [9.17, 15) is 9.59 Å². The van der Waals surface area contributed by atoms with Crippen LogP contribution in [0.5, 0.6) is 0 Å². The van der Waals surface area contributed by atoms with Crippen molar-refractivity contribution < 1.29 is 9.59 Å². The molecule has 1 aromatic carbocycles.